The van der Waals surface area contributed by atoms with Crippen LogP contribution in [0.3, 0.4) is 0 Å². The molecule has 1 heterocycles. The molecule has 25 heavy (non-hydrogen) atoms. The number of likely N-dealkylation sites (tertiary alicyclic amines) is 1. The van der Waals surface area contributed by atoms with Crippen LogP contribution in [0.2, 0.25) is 0 Å². The van der Waals surface area contributed by atoms with Gasteiger partial charge in [-0.1, -0.05) is 18.2 Å². The van der Waals surface area contributed by atoms with Crippen molar-refractivity contribution in [2.24, 2.45) is 4.99 Å². The molecule has 2 rings (SSSR count). The molecule has 0 unspecified atom stereocenters. The van der Waals surface area contributed by atoms with Crippen molar-refractivity contribution in [1.82, 2.24) is 9.21 Å². The van der Waals surface area contributed by atoms with Crippen LogP contribution in [-0.2, 0) is 10.0 Å². The van der Waals surface area contributed by atoms with Gasteiger partial charge in [0.2, 0.25) is 10.0 Å². The lowest BCUT2D eigenvalue weighted by molar-refractivity contribution is 0.340. The van der Waals surface area contributed by atoms with Crippen molar-refractivity contribution < 1.29 is 8.42 Å². The van der Waals surface area contributed by atoms with Crippen molar-refractivity contribution in [2.75, 3.05) is 44.3 Å². The number of aliphatic imine (C=N–C) groups is 1. The molecule has 0 aliphatic carbocycles. The summed E-state index contributed by atoms with van der Waals surface area (Å²) < 4.78 is 25.0. The predicted molar refractivity (Wildman–Crippen MR) is 104 cm³/mol. The fourth-order valence-electron chi connectivity index (χ4n) is 2.81. The number of benzene rings is 1. The molecule has 1 aliphatic heterocycles. The molecule has 6 nitrogen and oxygen atoms in total. The summed E-state index contributed by atoms with van der Waals surface area (Å²) >= 11 is 0. The number of nitrogens with one attached hydrogen (secondary N) is 1. The standard InChI is InChI=1S/C18H30N4O2S/c1-3-25(23,24)21(2)14-10-13-19-18(22-15-8-5-9-16-22)20-17-11-6-4-7-12-17/h4,6-7,11-12H,3,5,8-10,13-16H2,1-2H3,(H,19,20). The van der Waals surface area contributed by atoms with E-state index in [0.29, 0.717) is 19.5 Å². The third-order valence-electron chi connectivity index (χ3n) is 4.42. The van der Waals surface area contributed by atoms with Gasteiger partial charge in [-0.2, -0.15) is 0 Å². The fourth-order valence-corrected chi connectivity index (χ4v) is 3.66. The summed E-state index contributed by atoms with van der Waals surface area (Å²) in [6.45, 7) is 4.81. The molecule has 0 atom stereocenters. The molecule has 1 fully saturated rings. The van der Waals surface area contributed by atoms with Crippen LogP contribution in [0.5, 0.6) is 0 Å². The minimum atomic E-state index is -3.11. The zero-order valence-corrected chi connectivity index (χ0v) is 16.1. The zero-order chi connectivity index (χ0) is 18.1. The van der Waals surface area contributed by atoms with Gasteiger partial charge in [-0.05, 0) is 44.7 Å². The minimum Gasteiger partial charge on any atom is -0.343 e. The van der Waals surface area contributed by atoms with Crippen LogP contribution in [0, 0.1) is 0 Å². The van der Waals surface area contributed by atoms with Gasteiger partial charge in [0.25, 0.3) is 0 Å². The highest BCUT2D eigenvalue weighted by atomic mass is 32.2. The van der Waals surface area contributed by atoms with E-state index in [-0.39, 0.29) is 5.75 Å². The third-order valence-corrected chi connectivity index (χ3v) is 6.28. The molecule has 1 aliphatic rings. The lowest BCUT2D eigenvalue weighted by Crippen LogP contribution is -2.40. The van der Waals surface area contributed by atoms with Crippen molar-refractivity contribution >= 4 is 21.7 Å². The summed E-state index contributed by atoms with van der Waals surface area (Å²) in [6, 6.07) is 10.1. The van der Waals surface area contributed by atoms with Crippen LogP contribution in [0.25, 0.3) is 0 Å². The fraction of sp³-hybridized carbons (Fsp3) is 0.611. The Kier molecular flexibility index (Phi) is 7.71. The summed E-state index contributed by atoms with van der Waals surface area (Å²) in [7, 11) is -1.47. The van der Waals surface area contributed by atoms with Gasteiger partial charge in [0.15, 0.2) is 5.96 Å². The molecule has 1 saturated heterocycles. The summed E-state index contributed by atoms with van der Waals surface area (Å²) in [5.74, 6) is 1.04. The molecule has 140 valence electrons. The average Bonchev–Trinajstić information content (AvgIpc) is 2.65. The normalized spacial score (nSPS) is 16.3. The van der Waals surface area contributed by atoms with Crippen molar-refractivity contribution in [3.63, 3.8) is 0 Å². The van der Waals surface area contributed by atoms with Crippen LogP contribution >= 0.6 is 0 Å². The third kappa shape index (κ3) is 6.32. The molecular weight excluding hydrogens is 336 g/mol. The lowest BCUT2D eigenvalue weighted by atomic mass is 10.1. The first-order chi connectivity index (χ1) is 12.0. The van der Waals surface area contributed by atoms with Crippen molar-refractivity contribution in [3.05, 3.63) is 30.3 Å². The van der Waals surface area contributed by atoms with Crippen LogP contribution in [0.1, 0.15) is 32.6 Å². The molecule has 0 amide bonds. The molecule has 0 radical (unpaired) electrons. The maximum atomic E-state index is 11.8. The number of para-hydroxylation sites is 1. The maximum Gasteiger partial charge on any atom is 0.213 e. The van der Waals surface area contributed by atoms with E-state index in [1.807, 2.05) is 30.3 Å². The number of hydrogen-bond donors (Lipinski definition) is 1. The molecule has 7 heteroatoms. The molecule has 0 aromatic heterocycles. The second-order valence-electron chi connectivity index (χ2n) is 6.32. The Morgan fingerprint density at radius 1 is 1.20 bits per heavy atom. The molecule has 1 aromatic rings. The number of rotatable bonds is 7. The van der Waals surface area contributed by atoms with Gasteiger partial charge in [0.1, 0.15) is 0 Å². The SMILES string of the molecule is CCS(=O)(=O)N(C)CCCN=C(Nc1ccccc1)N1CCCCC1. The Morgan fingerprint density at radius 2 is 1.88 bits per heavy atom. The highest BCUT2D eigenvalue weighted by molar-refractivity contribution is 7.89. The van der Waals surface area contributed by atoms with E-state index in [1.54, 1.807) is 14.0 Å². The van der Waals surface area contributed by atoms with Gasteiger partial charge in [0.05, 0.1) is 5.75 Å². The maximum absolute atomic E-state index is 11.8. The largest absolute Gasteiger partial charge is 0.343 e. The number of nitrogens with zero attached hydrogens (tertiary/aromatic N) is 3. The Hall–Kier alpha value is -1.60. The topological polar surface area (TPSA) is 65.0 Å². The first-order valence-electron chi connectivity index (χ1n) is 9.08. The van der Waals surface area contributed by atoms with E-state index in [9.17, 15) is 8.42 Å². The van der Waals surface area contributed by atoms with E-state index < -0.39 is 10.0 Å². The van der Waals surface area contributed by atoms with Crippen LogP contribution in [0.15, 0.2) is 35.3 Å². The summed E-state index contributed by atoms with van der Waals surface area (Å²) in [4.78, 5) is 7.03. The van der Waals surface area contributed by atoms with E-state index in [0.717, 1.165) is 24.7 Å². The monoisotopic (exact) mass is 366 g/mol. The summed E-state index contributed by atoms with van der Waals surface area (Å²) in [6.07, 6.45) is 4.36. The van der Waals surface area contributed by atoms with Crippen LogP contribution < -0.4 is 5.32 Å². The zero-order valence-electron chi connectivity index (χ0n) is 15.3. The Bertz CT molecular complexity index is 640. The second-order valence-corrected chi connectivity index (χ2v) is 8.68. The Labute approximate surface area is 152 Å². The van der Waals surface area contributed by atoms with E-state index >= 15 is 0 Å². The van der Waals surface area contributed by atoms with Gasteiger partial charge in [0, 0.05) is 38.9 Å². The van der Waals surface area contributed by atoms with Gasteiger partial charge in [-0.25, -0.2) is 12.7 Å². The predicted octanol–water partition coefficient (Wildman–Crippen LogP) is 2.61. The Morgan fingerprint density at radius 3 is 2.52 bits per heavy atom. The minimum absolute atomic E-state index is 0.140. The van der Waals surface area contributed by atoms with E-state index in [2.05, 4.69) is 10.2 Å². The second kappa shape index (κ2) is 9.77. The van der Waals surface area contributed by atoms with Crippen LogP contribution in [-0.4, -0.2) is 62.6 Å². The van der Waals surface area contributed by atoms with E-state index in [1.165, 1.54) is 23.6 Å². The van der Waals surface area contributed by atoms with Crippen molar-refractivity contribution in [3.8, 4) is 0 Å². The first-order valence-corrected chi connectivity index (χ1v) is 10.7. The lowest BCUT2D eigenvalue weighted by Gasteiger charge is -2.30. The van der Waals surface area contributed by atoms with Gasteiger partial charge < -0.3 is 10.2 Å². The summed E-state index contributed by atoms with van der Waals surface area (Å²) in [5, 5.41) is 3.42. The van der Waals surface area contributed by atoms with Crippen molar-refractivity contribution in [1.29, 1.82) is 0 Å². The van der Waals surface area contributed by atoms with Gasteiger partial charge in [-0.3, -0.25) is 4.99 Å². The molecule has 1 N–H and O–H groups in total. The quantitative estimate of drug-likeness (QED) is 0.458. The van der Waals surface area contributed by atoms with Crippen LogP contribution in [0.4, 0.5) is 5.69 Å². The number of guanidine groups is 1. The summed E-state index contributed by atoms with van der Waals surface area (Å²) in [5.41, 5.74) is 1.03. The van der Waals surface area contributed by atoms with Crippen molar-refractivity contribution in [2.45, 2.75) is 32.6 Å². The Balaban J connectivity index is 1.95. The van der Waals surface area contributed by atoms with Gasteiger partial charge in [-0.15, -0.1) is 0 Å². The average molecular weight is 367 g/mol. The number of sulfonamides is 1. The van der Waals surface area contributed by atoms with E-state index in [4.69, 9.17) is 4.99 Å². The molecule has 0 bridgehead atoms. The van der Waals surface area contributed by atoms with Gasteiger partial charge >= 0.3 is 0 Å². The number of anilines is 1. The number of hydrogen-bond acceptors (Lipinski definition) is 3. The highest BCUT2D eigenvalue weighted by Crippen LogP contribution is 2.12. The molecule has 0 spiro atoms. The highest BCUT2D eigenvalue weighted by Gasteiger charge is 2.16. The molecule has 0 saturated carbocycles. The molecule has 1 aromatic carbocycles. The number of piperidine rings is 1. The first kappa shape index (κ1) is 19.7. The smallest absolute Gasteiger partial charge is 0.213 e. The molecular formula is C18H30N4O2S.